The van der Waals surface area contributed by atoms with Gasteiger partial charge in [0.15, 0.2) is 21.3 Å². The predicted octanol–water partition coefficient (Wildman–Crippen LogP) is 5.54. The van der Waals surface area contributed by atoms with Crippen LogP contribution in [0.25, 0.3) is 0 Å². The lowest BCUT2D eigenvalue weighted by Crippen LogP contribution is -2.34. The topological polar surface area (TPSA) is 52.6 Å². The Morgan fingerprint density at radius 2 is 1.61 bits per heavy atom. The minimum Gasteiger partial charge on any atom is -0.454 e. The third-order valence-corrected chi connectivity index (χ3v) is 9.15. The normalized spacial score (nSPS) is 22.4. The van der Waals surface area contributed by atoms with Crippen molar-refractivity contribution >= 4 is 9.84 Å². The number of fused-ring (bicyclic) bond motifs is 1. The quantitative estimate of drug-likeness (QED) is 0.530. The highest BCUT2D eigenvalue weighted by Crippen LogP contribution is 2.35. The van der Waals surface area contributed by atoms with Gasteiger partial charge in [-0.3, -0.25) is 0 Å². The third kappa shape index (κ3) is 5.65. The van der Waals surface area contributed by atoms with Gasteiger partial charge < -0.3 is 9.47 Å². The fourth-order valence-electron chi connectivity index (χ4n) is 4.28. The van der Waals surface area contributed by atoms with E-state index >= 15 is 0 Å². The van der Waals surface area contributed by atoms with E-state index in [-0.39, 0.29) is 0 Å². The Bertz CT molecular complexity index is 740. The van der Waals surface area contributed by atoms with Gasteiger partial charge in [-0.25, -0.2) is 8.42 Å². The summed E-state index contributed by atoms with van der Waals surface area (Å²) >= 11 is 0. The lowest BCUT2D eigenvalue weighted by Gasteiger charge is -2.30. The lowest BCUT2D eigenvalue weighted by atomic mass is 9.80. The molecule has 3 rings (SSSR count). The molecule has 1 saturated carbocycles. The molecule has 0 bridgehead atoms. The van der Waals surface area contributed by atoms with Crippen molar-refractivity contribution in [3.8, 4) is 11.5 Å². The summed E-state index contributed by atoms with van der Waals surface area (Å²) in [7, 11) is -2.99. The van der Waals surface area contributed by atoms with Crippen LogP contribution in [0.1, 0.15) is 77.7 Å². The zero-order chi connectivity index (χ0) is 20.2. The molecule has 1 aromatic rings. The van der Waals surface area contributed by atoms with Gasteiger partial charge in [0.25, 0.3) is 0 Å². The largest absolute Gasteiger partial charge is 0.454 e. The van der Waals surface area contributed by atoms with Crippen molar-refractivity contribution in [3.63, 3.8) is 0 Å². The average Bonchev–Trinajstić information content (AvgIpc) is 3.09. The van der Waals surface area contributed by atoms with Crippen LogP contribution >= 0.6 is 0 Å². The summed E-state index contributed by atoms with van der Waals surface area (Å²) in [4.78, 5) is 0. The molecule has 1 fully saturated rings. The summed E-state index contributed by atoms with van der Waals surface area (Å²) in [6.07, 6.45) is 10.7. The first-order chi connectivity index (χ1) is 13.2. The first-order valence-electron chi connectivity index (χ1n) is 10.9. The highest BCUT2D eigenvalue weighted by atomic mass is 32.2. The molecule has 1 aliphatic heterocycles. The molecule has 158 valence electrons. The summed E-state index contributed by atoms with van der Waals surface area (Å²) < 4.78 is 35.0. The number of sulfone groups is 1. The Kier molecular flexibility index (Phi) is 6.95. The Morgan fingerprint density at radius 3 is 2.32 bits per heavy atom. The molecule has 1 aliphatic carbocycles. The maximum Gasteiger partial charge on any atom is 0.231 e. The standard InChI is InChI=1S/C23H36O4S/c1-23(2,3)28(24,25)16-20-11-9-18(10-12-20)7-5-4-6-8-19-13-14-21-22(15-19)27-17-26-21/h13-15,18,20H,4-12,16-17H2,1-3H3. The fourth-order valence-corrected chi connectivity index (χ4v) is 5.74. The number of ether oxygens (including phenoxy) is 2. The number of hydrogen-bond donors (Lipinski definition) is 0. The van der Waals surface area contributed by atoms with Crippen LogP contribution in [0, 0.1) is 11.8 Å². The summed E-state index contributed by atoms with van der Waals surface area (Å²) in [5.74, 6) is 3.27. The molecular weight excluding hydrogens is 372 g/mol. The van der Waals surface area contributed by atoms with E-state index in [0.717, 1.165) is 36.7 Å². The summed E-state index contributed by atoms with van der Waals surface area (Å²) in [6, 6.07) is 6.26. The monoisotopic (exact) mass is 408 g/mol. The smallest absolute Gasteiger partial charge is 0.231 e. The molecular formula is C23H36O4S. The second kappa shape index (κ2) is 9.06. The molecule has 28 heavy (non-hydrogen) atoms. The number of rotatable bonds is 8. The van der Waals surface area contributed by atoms with E-state index in [4.69, 9.17) is 9.47 Å². The first kappa shape index (κ1) is 21.5. The molecule has 0 unspecified atom stereocenters. The minimum absolute atomic E-state index is 0.336. The minimum atomic E-state index is -2.99. The van der Waals surface area contributed by atoms with Crippen LogP contribution < -0.4 is 9.47 Å². The number of unbranched alkanes of at least 4 members (excludes halogenated alkanes) is 2. The van der Waals surface area contributed by atoms with E-state index in [1.54, 1.807) is 0 Å². The molecule has 4 nitrogen and oxygen atoms in total. The van der Waals surface area contributed by atoms with Gasteiger partial charge in [-0.05, 0) is 76.0 Å². The Morgan fingerprint density at radius 1 is 0.929 bits per heavy atom. The number of hydrogen-bond acceptors (Lipinski definition) is 4. The number of aryl methyl sites for hydroxylation is 1. The van der Waals surface area contributed by atoms with E-state index in [2.05, 4.69) is 12.1 Å². The van der Waals surface area contributed by atoms with Gasteiger partial charge in [0.1, 0.15) is 0 Å². The third-order valence-electron chi connectivity index (χ3n) is 6.37. The van der Waals surface area contributed by atoms with Crippen molar-refractivity contribution in [3.05, 3.63) is 23.8 Å². The fraction of sp³-hybridized carbons (Fsp3) is 0.739. The zero-order valence-corrected chi connectivity index (χ0v) is 18.5. The van der Waals surface area contributed by atoms with Crippen molar-refractivity contribution in [1.82, 2.24) is 0 Å². The molecule has 1 aromatic carbocycles. The highest BCUT2D eigenvalue weighted by Gasteiger charge is 2.33. The Labute approximate surface area is 170 Å². The van der Waals surface area contributed by atoms with Crippen LogP contribution in [0.5, 0.6) is 11.5 Å². The van der Waals surface area contributed by atoms with Crippen molar-refractivity contribution in [1.29, 1.82) is 0 Å². The summed E-state index contributed by atoms with van der Waals surface area (Å²) in [5, 5.41) is 0. The van der Waals surface area contributed by atoms with Crippen LogP contribution in [0.2, 0.25) is 0 Å². The van der Waals surface area contributed by atoms with Crippen LogP contribution in [0.15, 0.2) is 18.2 Å². The van der Waals surface area contributed by atoms with Crippen molar-refractivity contribution in [2.24, 2.45) is 11.8 Å². The van der Waals surface area contributed by atoms with Gasteiger partial charge in [0, 0.05) is 0 Å². The van der Waals surface area contributed by atoms with Crippen molar-refractivity contribution < 1.29 is 17.9 Å². The molecule has 5 heteroatoms. The maximum atomic E-state index is 12.4. The molecule has 0 N–H and O–H groups in total. The predicted molar refractivity (Wildman–Crippen MR) is 114 cm³/mol. The van der Waals surface area contributed by atoms with Crippen LogP contribution in [-0.4, -0.2) is 25.7 Å². The van der Waals surface area contributed by atoms with Gasteiger partial charge in [0.05, 0.1) is 10.5 Å². The molecule has 2 aliphatic rings. The zero-order valence-electron chi connectivity index (χ0n) is 17.7. The molecule has 1 heterocycles. The van der Waals surface area contributed by atoms with Crippen LogP contribution in [0.4, 0.5) is 0 Å². The summed E-state index contributed by atoms with van der Waals surface area (Å²) in [5.41, 5.74) is 1.32. The van der Waals surface area contributed by atoms with Gasteiger partial charge in [-0.1, -0.05) is 38.2 Å². The van der Waals surface area contributed by atoms with E-state index in [0.29, 0.717) is 18.5 Å². The molecule has 0 saturated heterocycles. The van der Waals surface area contributed by atoms with E-state index < -0.39 is 14.6 Å². The van der Waals surface area contributed by atoms with Crippen LogP contribution in [0.3, 0.4) is 0 Å². The molecule has 0 amide bonds. The van der Waals surface area contributed by atoms with E-state index in [1.165, 1.54) is 44.1 Å². The molecule has 0 spiro atoms. The van der Waals surface area contributed by atoms with Crippen molar-refractivity contribution in [2.45, 2.75) is 83.3 Å². The molecule has 0 atom stereocenters. The Balaban J connectivity index is 1.30. The van der Waals surface area contributed by atoms with Gasteiger partial charge in [-0.2, -0.15) is 0 Å². The van der Waals surface area contributed by atoms with Gasteiger partial charge in [0.2, 0.25) is 6.79 Å². The average molecular weight is 409 g/mol. The van der Waals surface area contributed by atoms with E-state index in [1.807, 2.05) is 26.8 Å². The molecule has 0 aromatic heterocycles. The lowest BCUT2D eigenvalue weighted by molar-refractivity contribution is 0.174. The molecule has 0 radical (unpaired) electrons. The van der Waals surface area contributed by atoms with E-state index in [9.17, 15) is 8.42 Å². The second-order valence-corrected chi connectivity index (χ2v) is 12.4. The SMILES string of the molecule is CC(C)(C)S(=O)(=O)CC1CCC(CCCCCc2ccc3c(c2)OCO3)CC1. The summed E-state index contributed by atoms with van der Waals surface area (Å²) in [6.45, 7) is 5.79. The highest BCUT2D eigenvalue weighted by molar-refractivity contribution is 7.92. The second-order valence-electron chi connectivity index (χ2n) is 9.57. The van der Waals surface area contributed by atoms with Crippen molar-refractivity contribution in [2.75, 3.05) is 12.5 Å². The maximum absolute atomic E-state index is 12.4. The van der Waals surface area contributed by atoms with Gasteiger partial charge in [-0.15, -0.1) is 0 Å². The first-order valence-corrected chi connectivity index (χ1v) is 12.5. The van der Waals surface area contributed by atoms with Gasteiger partial charge >= 0.3 is 0 Å². The van der Waals surface area contributed by atoms with Crippen LogP contribution in [-0.2, 0) is 16.3 Å². The number of benzene rings is 1. The Hall–Kier alpha value is -1.23.